The van der Waals surface area contributed by atoms with E-state index >= 15 is 0 Å². The van der Waals surface area contributed by atoms with Crippen LogP contribution < -0.4 is 21.2 Å². The van der Waals surface area contributed by atoms with Crippen molar-refractivity contribution >= 4 is 85.2 Å². The first-order chi connectivity index (χ1) is 16.9. The Morgan fingerprint density at radius 1 is 0.459 bits per heavy atom. The van der Waals surface area contributed by atoms with Crippen LogP contribution in [0.25, 0.3) is 0 Å². The summed E-state index contributed by atoms with van der Waals surface area (Å²) in [4.78, 5) is 0. The summed E-state index contributed by atoms with van der Waals surface area (Å²) in [6.45, 7) is 4.61. The fourth-order valence-corrected chi connectivity index (χ4v) is 5.98. The Morgan fingerprint density at radius 2 is 0.595 bits per heavy atom. The van der Waals surface area contributed by atoms with Gasteiger partial charge in [0.2, 0.25) is 0 Å². The molecule has 0 N–H and O–H groups in total. The smallest absolute Gasteiger partial charge is 0 e. The Hall–Kier alpha value is 1.75. The molecule has 0 radical (unpaired) electrons. The molecule has 0 aliphatic carbocycles. The molecule has 4 rings (SSSR count). The zero-order valence-corrected chi connectivity index (χ0v) is 31.2. The average molecular weight is 894 g/mol. The van der Waals surface area contributed by atoms with Gasteiger partial charge in [-0.15, -0.1) is 0 Å². The predicted octanol–water partition coefficient (Wildman–Crippen LogP) is 8.94. The largest absolute Gasteiger partial charge is 0 e. The second kappa shape index (κ2) is 26.6. The number of halogens is 5. The van der Waals surface area contributed by atoms with Gasteiger partial charge in [0.15, 0.2) is 0 Å². The molecule has 37 heavy (non-hydrogen) atoms. The van der Waals surface area contributed by atoms with E-state index in [0.29, 0.717) is 0 Å². The summed E-state index contributed by atoms with van der Waals surface area (Å²) >= 11 is -1.72. The van der Waals surface area contributed by atoms with E-state index in [1.165, 1.54) is 21.2 Å². The minimum atomic E-state index is -1.92. The van der Waals surface area contributed by atoms with Crippen molar-refractivity contribution in [1.29, 1.82) is 0 Å². The van der Waals surface area contributed by atoms with E-state index in [1.807, 2.05) is 0 Å². The maximum atomic E-state index is 4.97. The van der Waals surface area contributed by atoms with Crippen LogP contribution in [0.2, 0.25) is 0 Å². The normalized spacial score (nSPS) is 9.22. The molecule has 0 amide bonds. The summed E-state index contributed by atoms with van der Waals surface area (Å²) in [6.07, 6.45) is 0. The fourth-order valence-electron chi connectivity index (χ4n) is 2.90. The molecule has 0 bridgehead atoms. The van der Waals surface area contributed by atoms with Gasteiger partial charge in [-0.3, -0.25) is 0 Å². The van der Waals surface area contributed by atoms with Gasteiger partial charge >= 0.3 is 75.9 Å². The first-order valence-electron chi connectivity index (χ1n) is 10.3. The molecule has 0 nitrogen and oxygen atoms in total. The van der Waals surface area contributed by atoms with Gasteiger partial charge in [0, 0.05) is 40.8 Å². The molecule has 0 saturated carbocycles. The second-order valence-corrected chi connectivity index (χ2v) is 20.6. The van der Waals surface area contributed by atoms with E-state index in [0.717, 1.165) is 0 Å². The fraction of sp³-hybridized carbons (Fsp3) is 0.0769. The molecule has 0 atom stereocenters. The Labute approximate surface area is 284 Å². The van der Waals surface area contributed by atoms with Crippen molar-refractivity contribution in [3.8, 4) is 0 Å². The minimum absolute atomic E-state index is 0. The molecular formula is C26H26Cl5FeP2Pd2Ti. The predicted molar refractivity (Wildman–Crippen MR) is 159 cm³/mol. The standard InChI is InChI=1S/2C13H13P.5ClH.Fe.2Pd.Ti/c2*1-14(12-8-4-2-5-9-12)13-10-6-3-7-11-13;;;;;;;;;/h2*2-11H,1H3;5*1H;;;;/q;;;;;;;+2;;;+3/p-5. The van der Waals surface area contributed by atoms with E-state index in [4.69, 9.17) is 48.1 Å². The first-order valence-corrected chi connectivity index (χ1v) is 23.3. The molecule has 0 fully saturated rings. The maximum absolute atomic E-state index is 4.97. The molecule has 0 unspecified atom stereocenters. The summed E-state index contributed by atoms with van der Waals surface area (Å²) in [5.74, 6) is 0. The summed E-state index contributed by atoms with van der Waals surface area (Å²) in [6, 6.07) is 42.8. The topological polar surface area (TPSA) is 0 Å². The van der Waals surface area contributed by atoms with E-state index in [1.54, 1.807) is 0 Å². The molecule has 4 aromatic carbocycles. The van der Waals surface area contributed by atoms with Gasteiger partial charge in [-0.05, 0) is 50.4 Å². The van der Waals surface area contributed by atoms with Crippen LogP contribution in [0.3, 0.4) is 0 Å². The van der Waals surface area contributed by atoms with Crippen LogP contribution in [0.4, 0.5) is 0 Å². The molecule has 0 spiro atoms. The summed E-state index contributed by atoms with van der Waals surface area (Å²) in [5.41, 5.74) is 0. The van der Waals surface area contributed by atoms with Crippen LogP contribution in [-0.4, -0.2) is 13.3 Å². The molecule has 0 aromatic heterocycles. The Balaban J connectivity index is 0. The minimum Gasteiger partial charge on any atom is 0 e. The summed E-state index contributed by atoms with van der Waals surface area (Å²) in [7, 11) is 24.1. The molecule has 0 heterocycles. The third-order valence-corrected chi connectivity index (χ3v) is 8.86. The van der Waals surface area contributed by atoms with E-state index in [-0.39, 0.29) is 69.8 Å². The van der Waals surface area contributed by atoms with Gasteiger partial charge < -0.3 is 0 Å². The van der Waals surface area contributed by atoms with Gasteiger partial charge in [0.1, 0.15) is 0 Å². The van der Waals surface area contributed by atoms with Crippen molar-refractivity contribution in [2.24, 2.45) is 0 Å². The van der Waals surface area contributed by atoms with E-state index < -0.39 is 14.7 Å². The van der Waals surface area contributed by atoms with Crippen LogP contribution >= 0.6 is 64.0 Å². The monoisotopic (exact) mass is 891 g/mol. The van der Waals surface area contributed by atoms with Crippen LogP contribution in [-0.2, 0) is 68.7 Å². The molecule has 207 valence electrons. The van der Waals surface area contributed by atoms with Crippen LogP contribution in [0, 0.1) is 0 Å². The van der Waals surface area contributed by atoms with Crippen molar-refractivity contribution in [1.82, 2.24) is 0 Å². The average Bonchev–Trinajstić information content (AvgIpc) is 2.90. The Kier molecular flexibility index (Phi) is 29.4. The van der Waals surface area contributed by atoms with Gasteiger partial charge in [0.25, 0.3) is 0 Å². The van der Waals surface area contributed by atoms with Crippen molar-refractivity contribution in [3.63, 3.8) is 0 Å². The maximum Gasteiger partial charge on any atom is 0 e. The Morgan fingerprint density at radius 3 is 0.730 bits per heavy atom. The number of hydrogen-bond acceptors (Lipinski definition) is 0. The number of hydrogen-bond donors (Lipinski definition) is 0. The van der Waals surface area contributed by atoms with Crippen molar-refractivity contribution in [3.05, 3.63) is 121 Å². The van der Waals surface area contributed by atoms with E-state index in [9.17, 15) is 0 Å². The third-order valence-electron chi connectivity index (χ3n) is 4.57. The third kappa shape index (κ3) is 19.5. The summed E-state index contributed by atoms with van der Waals surface area (Å²) in [5, 5.41) is 5.75. The number of rotatable bonds is 4. The molecular weight excluding hydrogens is 868 g/mol. The van der Waals surface area contributed by atoms with Gasteiger partial charge in [-0.25, -0.2) is 0 Å². The zero-order chi connectivity index (χ0) is 25.9. The summed E-state index contributed by atoms with van der Waals surface area (Å²) < 4.78 is 0. The van der Waals surface area contributed by atoms with E-state index in [2.05, 4.69) is 135 Å². The van der Waals surface area contributed by atoms with Crippen LogP contribution in [0.15, 0.2) is 121 Å². The SMILES string of the molecule is CP(c1ccccc1)c1ccccc1.CP(c1ccccc1)c1ccccc1.[Cl][Fe][Cl].[Cl][Ti]([Cl])[Cl].[Pd].[Pd]. The van der Waals surface area contributed by atoms with Crippen LogP contribution in [0.1, 0.15) is 0 Å². The van der Waals surface area contributed by atoms with Crippen molar-refractivity contribution in [2.45, 2.75) is 0 Å². The van der Waals surface area contributed by atoms with Crippen LogP contribution in [0.5, 0.6) is 0 Å². The molecule has 0 aliphatic heterocycles. The van der Waals surface area contributed by atoms with Crippen molar-refractivity contribution < 1.29 is 68.7 Å². The first kappa shape index (κ1) is 40.9. The van der Waals surface area contributed by atoms with Gasteiger partial charge in [-0.1, -0.05) is 121 Å². The molecule has 0 aliphatic rings. The molecule has 4 aromatic rings. The zero-order valence-electron chi connectivity index (χ0n) is 19.8. The number of benzene rings is 4. The second-order valence-electron chi connectivity index (χ2n) is 6.73. The van der Waals surface area contributed by atoms with Gasteiger partial charge in [-0.2, -0.15) is 0 Å². The molecule has 0 saturated heterocycles. The quantitative estimate of drug-likeness (QED) is 0.142. The van der Waals surface area contributed by atoms with Gasteiger partial charge in [0.05, 0.1) is 0 Å². The van der Waals surface area contributed by atoms with Crippen molar-refractivity contribution in [2.75, 3.05) is 13.3 Å². The molecule has 11 heteroatoms. The Bertz CT molecular complexity index is 865.